The van der Waals surface area contributed by atoms with E-state index in [1.165, 1.54) is 49.8 Å². The van der Waals surface area contributed by atoms with Crippen LogP contribution in [0, 0.1) is 0 Å². The van der Waals surface area contributed by atoms with Crippen molar-refractivity contribution < 1.29 is 35.0 Å². The number of hydrogen-bond donors (Lipinski definition) is 0. The molecule has 0 aromatic rings. The molecule has 0 radical (unpaired) electrons. The molecule has 0 bridgehead atoms. The van der Waals surface area contributed by atoms with E-state index in [0.29, 0.717) is 0 Å². The van der Waals surface area contributed by atoms with Gasteiger partial charge in [-0.3, -0.25) is 0 Å². The van der Waals surface area contributed by atoms with Gasteiger partial charge >= 0.3 is 11.7 Å². The lowest BCUT2D eigenvalue weighted by atomic mass is 10.3. The second-order valence-corrected chi connectivity index (χ2v) is 6.62. The molecule has 9 heteroatoms. The summed E-state index contributed by atoms with van der Waals surface area (Å²) in [7, 11) is -3.83. The molecule has 0 saturated carbocycles. The lowest BCUT2D eigenvalue weighted by Gasteiger charge is -2.28. The molecule has 0 atom stereocenters. The molecule has 1 fully saturated rings. The SMILES string of the molecule is CCCC[N+]1(C)CCCC1.O=S(=O)([O-])C(F)(F)C(F)F. The maximum Gasteiger partial charge on any atom is 0.393 e. The molecular weight excluding hydrogens is 302 g/mol. The topological polar surface area (TPSA) is 57.2 Å². The van der Waals surface area contributed by atoms with E-state index in [2.05, 4.69) is 14.0 Å². The third-order valence-corrected chi connectivity index (χ3v) is 4.13. The molecule has 1 rings (SSSR count). The first-order valence-corrected chi connectivity index (χ1v) is 7.82. The Balaban J connectivity index is 0.000000361. The van der Waals surface area contributed by atoms with Gasteiger partial charge in [0.25, 0.3) is 0 Å². The second-order valence-electron chi connectivity index (χ2n) is 5.17. The van der Waals surface area contributed by atoms with Crippen molar-refractivity contribution in [3.63, 3.8) is 0 Å². The van der Waals surface area contributed by atoms with Gasteiger partial charge in [0.15, 0.2) is 10.1 Å². The monoisotopic (exact) mass is 323 g/mol. The van der Waals surface area contributed by atoms with Gasteiger partial charge in [-0.1, -0.05) is 13.3 Å². The van der Waals surface area contributed by atoms with Crippen molar-refractivity contribution in [2.45, 2.75) is 44.3 Å². The number of likely N-dealkylation sites (tertiary alicyclic amines) is 1. The third-order valence-electron chi connectivity index (χ3n) is 3.28. The molecule has 0 amide bonds. The summed E-state index contributed by atoms with van der Waals surface area (Å²) in [5, 5.41) is -5.48. The highest BCUT2D eigenvalue weighted by Crippen LogP contribution is 2.27. The Morgan fingerprint density at radius 1 is 1.25 bits per heavy atom. The zero-order chi connectivity index (χ0) is 16.0. The Labute approximate surface area is 117 Å². The van der Waals surface area contributed by atoms with Crippen molar-refractivity contribution in [2.24, 2.45) is 0 Å². The standard InChI is InChI=1S/C9H20N.C2H2F4O3S/c1-3-4-7-10(2)8-5-6-9-10;3-1(4)2(5,6)10(7,8)9/h3-9H2,1-2H3;1H,(H,7,8,9)/q+1;/p-1. The van der Waals surface area contributed by atoms with E-state index in [1.807, 2.05) is 0 Å². The Morgan fingerprint density at radius 3 is 1.95 bits per heavy atom. The van der Waals surface area contributed by atoms with Gasteiger partial charge < -0.3 is 9.04 Å². The van der Waals surface area contributed by atoms with Crippen LogP contribution in [-0.4, -0.2) is 55.8 Å². The van der Waals surface area contributed by atoms with E-state index in [0.717, 1.165) is 0 Å². The predicted molar refractivity (Wildman–Crippen MR) is 65.6 cm³/mol. The summed E-state index contributed by atoms with van der Waals surface area (Å²) in [6, 6.07) is 0. The highest BCUT2D eigenvalue weighted by atomic mass is 32.2. The van der Waals surface area contributed by atoms with E-state index in [4.69, 9.17) is 0 Å². The second kappa shape index (κ2) is 7.56. The molecule has 4 nitrogen and oxygen atoms in total. The lowest BCUT2D eigenvalue weighted by molar-refractivity contribution is -0.897. The number of alkyl halides is 4. The van der Waals surface area contributed by atoms with Gasteiger partial charge in [-0.25, -0.2) is 17.2 Å². The average Bonchev–Trinajstić information content (AvgIpc) is 2.73. The van der Waals surface area contributed by atoms with Crippen LogP contribution < -0.4 is 0 Å². The fourth-order valence-electron chi connectivity index (χ4n) is 1.97. The van der Waals surface area contributed by atoms with Crippen LogP contribution in [0.5, 0.6) is 0 Å². The smallest absolute Gasteiger partial charge is 0.393 e. The quantitative estimate of drug-likeness (QED) is 0.443. The van der Waals surface area contributed by atoms with Crippen LogP contribution in [0.4, 0.5) is 17.6 Å². The maximum absolute atomic E-state index is 11.4. The number of nitrogens with zero attached hydrogens (tertiary/aromatic N) is 1. The zero-order valence-electron chi connectivity index (χ0n) is 11.6. The van der Waals surface area contributed by atoms with Crippen LogP contribution in [0.2, 0.25) is 0 Å². The summed E-state index contributed by atoms with van der Waals surface area (Å²) in [6.07, 6.45) is 1.21. The fraction of sp³-hybridized carbons (Fsp3) is 1.00. The van der Waals surface area contributed by atoms with E-state index in [-0.39, 0.29) is 0 Å². The largest absolute Gasteiger partial charge is 0.743 e. The molecule has 122 valence electrons. The molecule has 1 saturated heterocycles. The average molecular weight is 323 g/mol. The number of rotatable bonds is 5. The van der Waals surface area contributed by atoms with Gasteiger partial charge in [0.2, 0.25) is 0 Å². The minimum atomic E-state index is -6.23. The molecular formula is C11H21F4NO3S. The summed E-state index contributed by atoms with van der Waals surface area (Å²) in [4.78, 5) is 0. The minimum Gasteiger partial charge on any atom is -0.743 e. The first kappa shape index (κ1) is 19.6. The highest BCUT2D eigenvalue weighted by molar-refractivity contribution is 7.86. The predicted octanol–water partition coefficient (Wildman–Crippen LogP) is 2.42. The molecule has 0 N–H and O–H groups in total. The van der Waals surface area contributed by atoms with Crippen molar-refractivity contribution in [3.05, 3.63) is 0 Å². The van der Waals surface area contributed by atoms with Crippen LogP contribution in [0.3, 0.4) is 0 Å². The third kappa shape index (κ3) is 5.92. The molecule has 0 spiro atoms. The van der Waals surface area contributed by atoms with Gasteiger partial charge in [0, 0.05) is 12.8 Å². The molecule has 0 aliphatic carbocycles. The lowest BCUT2D eigenvalue weighted by Crippen LogP contribution is -2.41. The summed E-state index contributed by atoms with van der Waals surface area (Å²) < 4.78 is 74.0. The number of halogens is 4. The van der Waals surface area contributed by atoms with Crippen LogP contribution in [0.15, 0.2) is 0 Å². The minimum absolute atomic E-state index is 1.36. The van der Waals surface area contributed by atoms with Crippen molar-refractivity contribution in [1.82, 2.24) is 0 Å². The van der Waals surface area contributed by atoms with Crippen LogP contribution in [0.1, 0.15) is 32.6 Å². The number of quaternary nitrogens is 1. The van der Waals surface area contributed by atoms with E-state index in [1.54, 1.807) is 0 Å². The molecule has 0 aromatic heterocycles. The molecule has 1 heterocycles. The first-order chi connectivity index (χ1) is 8.96. The van der Waals surface area contributed by atoms with Crippen molar-refractivity contribution >= 4 is 10.1 Å². The molecule has 0 aromatic carbocycles. The fourth-order valence-corrected chi connectivity index (χ4v) is 2.19. The van der Waals surface area contributed by atoms with Crippen LogP contribution >= 0.6 is 0 Å². The van der Waals surface area contributed by atoms with Crippen LogP contribution in [-0.2, 0) is 10.1 Å². The van der Waals surface area contributed by atoms with E-state index in [9.17, 15) is 30.5 Å². The molecule has 1 aliphatic rings. The molecule has 20 heavy (non-hydrogen) atoms. The number of hydrogen-bond acceptors (Lipinski definition) is 3. The van der Waals surface area contributed by atoms with Gasteiger partial charge in [-0.15, -0.1) is 0 Å². The van der Waals surface area contributed by atoms with Crippen LogP contribution in [0.25, 0.3) is 0 Å². The van der Waals surface area contributed by atoms with Gasteiger partial charge in [0.05, 0.1) is 26.7 Å². The van der Waals surface area contributed by atoms with Gasteiger partial charge in [-0.05, 0) is 6.42 Å². The highest BCUT2D eigenvalue weighted by Gasteiger charge is 2.48. The normalized spacial score (nSPS) is 18.8. The number of unbranched alkanes of at least 4 members (excludes halogenated alkanes) is 1. The first-order valence-electron chi connectivity index (χ1n) is 6.41. The summed E-state index contributed by atoms with van der Waals surface area (Å²) in [5.74, 6) is 0. The van der Waals surface area contributed by atoms with Gasteiger partial charge in [-0.2, -0.15) is 8.78 Å². The van der Waals surface area contributed by atoms with Crippen molar-refractivity contribution in [3.8, 4) is 0 Å². The summed E-state index contributed by atoms with van der Waals surface area (Å²) in [5.41, 5.74) is 0. The van der Waals surface area contributed by atoms with Gasteiger partial charge in [0.1, 0.15) is 0 Å². The Morgan fingerprint density at radius 2 is 1.70 bits per heavy atom. The van der Waals surface area contributed by atoms with Crippen molar-refractivity contribution in [1.29, 1.82) is 0 Å². The molecule has 0 unspecified atom stereocenters. The summed E-state index contributed by atoms with van der Waals surface area (Å²) in [6.45, 7) is 6.55. The Bertz CT molecular complexity index is 381. The Kier molecular flexibility index (Phi) is 7.40. The molecule has 1 aliphatic heterocycles. The maximum atomic E-state index is 11.4. The van der Waals surface area contributed by atoms with E-state index < -0.39 is 21.8 Å². The van der Waals surface area contributed by atoms with E-state index >= 15 is 0 Å². The summed E-state index contributed by atoms with van der Waals surface area (Å²) >= 11 is 0. The Hall–Kier alpha value is -0.410. The van der Waals surface area contributed by atoms with Crippen molar-refractivity contribution in [2.75, 3.05) is 26.7 Å². The zero-order valence-corrected chi connectivity index (χ0v) is 12.4.